The van der Waals surface area contributed by atoms with E-state index in [1.807, 2.05) is 0 Å². The summed E-state index contributed by atoms with van der Waals surface area (Å²) in [4.78, 5) is 12.5. The molecular formula is C28H35FO2. The zero-order valence-electron chi connectivity index (χ0n) is 18.6. The van der Waals surface area contributed by atoms with E-state index in [1.54, 1.807) is 0 Å². The van der Waals surface area contributed by atoms with Gasteiger partial charge in [-0.1, -0.05) is 50.1 Å². The van der Waals surface area contributed by atoms with Crippen LogP contribution in [0.1, 0.15) is 76.2 Å². The second kappa shape index (κ2) is 10.4. The maximum absolute atomic E-state index is 13.0. The van der Waals surface area contributed by atoms with Gasteiger partial charge in [-0.25, -0.2) is 4.39 Å². The number of hydrogen-bond donors (Lipinski definition) is 0. The zero-order chi connectivity index (χ0) is 21.6. The first-order valence-corrected chi connectivity index (χ1v) is 12.1. The Hall–Kier alpha value is -2.16. The summed E-state index contributed by atoms with van der Waals surface area (Å²) in [6, 6.07) is 16.6. The second-order valence-electron chi connectivity index (χ2n) is 9.81. The van der Waals surface area contributed by atoms with Crippen molar-refractivity contribution in [3.8, 4) is 5.75 Å². The molecule has 2 fully saturated rings. The molecule has 0 saturated heterocycles. The molecule has 0 aliphatic heterocycles. The normalized spacial score (nSPS) is 27.4. The number of carbonyl (C=O) groups excluding carboxylic acids is 1. The van der Waals surface area contributed by atoms with Gasteiger partial charge in [0.1, 0.15) is 11.6 Å². The standard InChI is InChI=1S/C28H35FO2/c1-20(22-5-3-2-4-6-22)19-21-7-9-23(10-8-21)24-11-13-25(14-12-24)28(30)31-27-17-15-26(29)16-18-27/h2-6,15-18,20-21,23-25H,7-14,19H2,1H3. The van der Waals surface area contributed by atoms with E-state index in [1.165, 1.54) is 61.9 Å². The molecule has 1 unspecified atom stereocenters. The summed E-state index contributed by atoms with van der Waals surface area (Å²) in [5.41, 5.74) is 1.47. The topological polar surface area (TPSA) is 26.3 Å². The molecular weight excluding hydrogens is 387 g/mol. The molecule has 0 N–H and O–H groups in total. The molecule has 4 rings (SSSR count). The Kier molecular flexibility index (Phi) is 7.42. The summed E-state index contributed by atoms with van der Waals surface area (Å²) in [5.74, 6) is 3.06. The summed E-state index contributed by atoms with van der Waals surface area (Å²) >= 11 is 0. The monoisotopic (exact) mass is 422 g/mol. The molecule has 0 heterocycles. The summed E-state index contributed by atoms with van der Waals surface area (Å²) in [7, 11) is 0. The van der Waals surface area contributed by atoms with Crippen molar-refractivity contribution >= 4 is 5.97 Å². The van der Waals surface area contributed by atoms with Gasteiger partial charge in [0, 0.05) is 0 Å². The predicted molar refractivity (Wildman–Crippen MR) is 122 cm³/mol. The molecule has 31 heavy (non-hydrogen) atoms. The number of halogens is 1. The number of esters is 1. The van der Waals surface area contributed by atoms with Gasteiger partial charge in [0.15, 0.2) is 0 Å². The fourth-order valence-electron chi connectivity index (χ4n) is 5.84. The number of hydrogen-bond acceptors (Lipinski definition) is 2. The lowest BCUT2D eigenvalue weighted by Crippen LogP contribution is -2.30. The fourth-order valence-corrected chi connectivity index (χ4v) is 5.84. The lowest BCUT2D eigenvalue weighted by molar-refractivity contribution is -0.140. The van der Waals surface area contributed by atoms with Gasteiger partial charge in [-0.2, -0.15) is 0 Å². The van der Waals surface area contributed by atoms with Gasteiger partial charge in [-0.15, -0.1) is 0 Å². The first kappa shape index (κ1) is 22.0. The SMILES string of the molecule is CC(CC1CCC(C2CCC(C(=O)Oc3ccc(F)cc3)CC2)CC1)c1ccccc1. The minimum atomic E-state index is -0.315. The maximum Gasteiger partial charge on any atom is 0.314 e. The van der Waals surface area contributed by atoms with Crippen LogP contribution in [-0.2, 0) is 4.79 Å². The summed E-state index contributed by atoms with van der Waals surface area (Å²) < 4.78 is 18.5. The molecule has 1 atom stereocenters. The molecule has 0 spiro atoms. The van der Waals surface area contributed by atoms with E-state index in [0.717, 1.165) is 43.4 Å². The average Bonchev–Trinajstić information content (AvgIpc) is 2.82. The van der Waals surface area contributed by atoms with E-state index < -0.39 is 0 Å². The Morgan fingerprint density at radius 1 is 0.871 bits per heavy atom. The van der Waals surface area contributed by atoms with Crippen LogP contribution in [0.25, 0.3) is 0 Å². The zero-order valence-corrected chi connectivity index (χ0v) is 18.6. The Morgan fingerprint density at radius 3 is 2.06 bits per heavy atom. The fraction of sp³-hybridized carbons (Fsp3) is 0.536. The molecule has 2 aliphatic rings. The highest BCUT2D eigenvalue weighted by atomic mass is 19.1. The molecule has 166 valence electrons. The third kappa shape index (κ3) is 5.96. The molecule has 0 bridgehead atoms. The van der Waals surface area contributed by atoms with Crippen molar-refractivity contribution in [1.82, 2.24) is 0 Å². The van der Waals surface area contributed by atoms with Crippen LogP contribution in [0.3, 0.4) is 0 Å². The Morgan fingerprint density at radius 2 is 1.45 bits per heavy atom. The van der Waals surface area contributed by atoms with Crippen LogP contribution in [-0.4, -0.2) is 5.97 Å². The number of carbonyl (C=O) groups is 1. The molecule has 2 aromatic carbocycles. The quantitative estimate of drug-likeness (QED) is 0.355. The smallest absolute Gasteiger partial charge is 0.314 e. The van der Waals surface area contributed by atoms with Gasteiger partial charge in [0.05, 0.1) is 5.92 Å². The number of rotatable bonds is 6. The van der Waals surface area contributed by atoms with Crippen molar-refractivity contribution in [2.75, 3.05) is 0 Å². The van der Waals surface area contributed by atoms with Crippen molar-refractivity contribution < 1.29 is 13.9 Å². The summed E-state index contributed by atoms with van der Waals surface area (Å²) in [6.45, 7) is 2.37. The molecule has 0 radical (unpaired) electrons. The van der Waals surface area contributed by atoms with Gasteiger partial charge in [0.2, 0.25) is 0 Å². The van der Waals surface area contributed by atoms with Crippen molar-refractivity contribution in [2.24, 2.45) is 23.7 Å². The number of benzene rings is 2. The van der Waals surface area contributed by atoms with E-state index in [-0.39, 0.29) is 17.7 Å². The molecule has 2 aromatic rings. The maximum atomic E-state index is 13.0. The lowest BCUT2D eigenvalue weighted by atomic mass is 9.68. The van der Waals surface area contributed by atoms with Crippen LogP contribution in [0, 0.1) is 29.5 Å². The average molecular weight is 423 g/mol. The largest absolute Gasteiger partial charge is 0.426 e. The van der Waals surface area contributed by atoms with Crippen molar-refractivity contribution in [3.05, 3.63) is 66.0 Å². The van der Waals surface area contributed by atoms with Gasteiger partial charge in [0.25, 0.3) is 0 Å². The van der Waals surface area contributed by atoms with E-state index in [4.69, 9.17) is 4.74 Å². The van der Waals surface area contributed by atoms with E-state index in [9.17, 15) is 9.18 Å². The molecule has 0 amide bonds. The third-order valence-electron chi connectivity index (χ3n) is 7.75. The minimum absolute atomic E-state index is 0.00985. The van der Waals surface area contributed by atoms with E-state index in [0.29, 0.717) is 11.7 Å². The Balaban J connectivity index is 1.18. The lowest BCUT2D eigenvalue weighted by Gasteiger charge is -2.38. The molecule has 2 aliphatic carbocycles. The Bertz CT molecular complexity index is 816. The van der Waals surface area contributed by atoms with Crippen LogP contribution < -0.4 is 4.74 Å². The van der Waals surface area contributed by atoms with Crippen LogP contribution in [0.15, 0.2) is 54.6 Å². The van der Waals surface area contributed by atoms with E-state index in [2.05, 4.69) is 37.3 Å². The van der Waals surface area contributed by atoms with Gasteiger partial charge < -0.3 is 4.74 Å². The highest BCUT2D eigenvalue weighted by Gasteiger charge is 2.34. The van der Waals surface area contributed by atoms with Crippen LogP contribution in [0.4, 0.5) is 4.39 Å². The summed E-state index contributed by atoms with van der Waals surface area (Å²) in [6.07, 6.45) is 10.8. The highest BCUT2D eigenvalue weighted by Crippen LogP contribution is 2.43. The highest BCUT2D eigenvalue weighted by molar-refractivity contribution is 5.75. The first-order chi connectivity index (χ1) is 15.1. The first-order valence-electron chi connectivity index (χ1n) is 12.1. The predicted octanol–water partition coefficient (Wildman–Crippen LogP) is 7.54. The van der Waals surface area contributed by atoms with Crippen LogP contribution in [0.2, 0.25) is 0 Å². The van der Waals surface area contributed by atoms with Gasteiger partial charge >= 0.3 is 5.97 Å². The van der Waals surface area contributed by atoms with Crippen molar-refractivity contribution in [2.45, 2.75) is 70.6 Å². The molecule has 2 saturated carbocycles. The van der Waals surface area contributed by atoms with Gasteiger partial charge in [-0.05, 0) is 98.4 Å². The Labute approximate surface area is 186 Å². The molecule has 3 heteroatoms. The van der Waals surface area contributed by atoms with Crippen LogP contribution in [0.5, 0.6) is 5.75 Å². The summed E-state index contributed by atoms with van der Waals surface area (Å²) in [5, 5.41) is 0. The van der Waals surface area contributed by atoms with Crippen molar-refractivity contribution in [1.29, 1.82) is 0 Å². The number of ether oxygens (including phenoxy) is 1. The molecule has 0 aromatic heterocycles. The second-order valence-corrected chi connectivity index (χ2v) is 9.81. The molecule has 2 nitrogen and oxygen atoms in total. The van der Waals surface area contributed by atoms with Gasteiger partial charge in [-0.3, -0.25) is 4.79 Å². The van der Waals surface area contributed by atoms with Crippen LogP contribution >= 0.6 is 0 Å². The minimum Gasteiger partial charge on any atom is -0.426 e. The third-order valence-corrected chi connectivity index (χ3v) is 7.75. The van der Waals surface area contributed by atoms with E-state index >= 15 is 0 Å². The van der Waals surface area contributed by atoms with Crippen molar-refractivity contribution in [3.63, 3.8) is 0 Å².